The third kappa shape index (κ3) is 6.95. The van der Waals surface area contributed by atoms with E-state index in [2.05, 4.69) is 5.10 Å². The van der Waals surface area contributed by atoms with Crippen LogP contribution in [0.4, 0.5) is 8.78 Å². The van der Waals surface area contributed by atoms with E-state index in [9.17, 15) is 31.9 Å². The molecule has 0 aliphatic heterocycles. The smallest absolute Gasteiger partial charge is 0.314 e. The summed E-state index contributed by atoms with van der Waals surface area (Å²) in [5.74, 6) is -3.28. The molecular formula is C22H21F2N3NaO6S. The number of halogens is 2. The molecule has 1 aromatic heterocycles. The van der Waals surface area contributed by atoms with Crippen molar-refractivity contribution in [2.24, 2.45) is 0 Å². The molecule has 0 saturated heterocycles. The van der Waals surface area contributed by atoms with E-state index in [1.54, 1.807) is 0 Å². The van der Waals surface area contributed by atoms with E-state index < -0.39 is 38.7 Å². The second-order valence-corrected chi connectivity index (χ2v) is 9.67. The Labute approximate surface area is 222 Å². The van der Waals surface area contributed by atoms with Crippen molar-refractivity contribution in [3.8, 4) is 22.6 Å². The normalized spacial score (nSPS) is 11.5. The molecule has 9 nitrogen and oxygen atoms in total. The number of rotatable bonds is 7. The van der Waals surface area contributed by atoms with Crippen molar-refractivity contribution < 1.29 is 31.8 Å². The molecule has 2 N–H and O–H groups in total. The van der Waals surface area contributed by atoms with Crippen LogP contribution in [0.5, 0.6) is 5.75 Å². The summed E-state index contributed by atoms with van der Waals surface area (Å²) >= 11 is 0. The van der Waals surface area contributed by atoms with Crippen LogP contribution in [0.3, 0.4) is 0 Å². The van der Waals surface area contributed by atoms with Crippen LogP contribution in [0.15, 0.2) is 58.4 Å². The number of nitrogens with zero attached hydrogens (tertiary/aromatic N) is 2. The molecule has 1 heterocycles. The number of benzene rings is 2. The fourth-order valence-electron chi connectivity index (χ4n) is 2.89. The fourth-order valence-corrected chi connectivity index (χ4v) is 3.89. The van der Waals surface area contributed by atoms with Gasteiger partial charge in [-0.3, -0.25) is 9.59 Å². The van der Waals surface area contributed by atoms with Gasteiger partial charge in [0.2, 0.25) is 5.91 Å². The molecule has 0 aliphatic carbocycles. The molecule has 1 radical (unpaired) electrons. The summed E-state index contributed by atoms with van der Waals surface area (Å²) < 4.78 is 59.6. The molecule has 1 amide bonds. The number of ether oxygens (including phenoxy) is 1. The van der Waals surface area contributed by atoms with E-state index in [0.717, 1.165) is 29.8 Å². The molecule has 181 valence electrons. The number of nitrogens with one attached hydrogen (secondary N) is 1. The van der Waals surface area contributed by atoms with Crippen LogP contribution in [-0.2, 0) is 14.8 Å². The zero-order valence-corrected chi connectivity index (χ0v) is 22.2. The van der Waals surface area contributed by atoms with E-state index >= 15 is 0 Å². The number of aliphatic hydroxyl groups is 1. The molecule has 3 rings (SSSR count). The maximum atomic E-state index is 13.7. The van der Waals surface area contributed by atoms with Gasteiger partial charge >= 0.3 is 5.56 Å². The van der Waals surface area contributed by atoms with Gasteiger partial charge in [-0.05, 0) is 43.7 Å². The summed E-state index contributed by atoms with van der Waals surface area (Å²) in [4.78, 5) is 24.1. The summed E-state index contributed by atoms with van der Waals surface area (Å²) in [5, 5.41) is 14.0. The van der Waals surface area contributed by atoms with Crippen LogP contribution >= 0.6 is 0 Å². The molecular weight excluding hydrogens is 495 g/mol. The minimum Gasteiger partial charge on any atom is -0.484 e. The van der Waals surface area contributed by atoms with Crippen molar-refractivity contribution in [1.29, 1.82) is 0 Å². The Kier molecular flexibility index (Phi) is 8.95. The molecule has 0 fully saturated rings. The van der Waals surface area contributed by atoms with Crippen LogP contribution in [-0.4, -0.2) is 71.0 Å². The maximum absolute atomic E-state index is 13.7. The van der Waals surface area contributed by atoms with Crippen molar-refractivity contribution in [2.45, 2.75) is 31.3 Å². The number of hydrogen-bond acceptors (Lipinski definition) is 7. The van der Waals surface area contributed by atoms with Gasteiger partial charge in [0.1, 0.15) is 6.61 Å². The first kappa shape index (κ1) is 28.6. The second kappa shape index (κ2) is 11.0. The summed E-state index contributed by atoms with van der Waals surface area (Å²) in [6.45, 7) is 3.70. The van der Waals surface area contributed by atoms with Gasteiger partial charge in [-0.15, -0.1) is 0 Å². The zero-order valence-electron chi connectivity index (χ0n) is 19.4. The third-order valence-electron chi connectivity index (χ3n) is 4.40. The molecule has 3 aromatic rings. The quantitative estimate of drug-likeness (QED) is 0.458. The van der Waals surface area contributed by atoms with Crippen LogP contribution in [0.25, 0.3) is 16.8 Å². The van der Waals surface area contributed by atoms with Crippen LogP contribution in [0.2, 0.25) is 0 Å². The predicted molar refractivity (Wildman–Crippen MR) is 124 cm³/mol. The SMILES string of the molecule is CC(=O)NS(=O)(=O)c1ccc(-c2cnn(-c3ccc(F)c(F)c3)c(=O)c2OCC(C)(C)O)cc1.[Na]. The average molecular weight is 516 g/mol. The van der Waals surface area contributed by atoms with Gasteiger partial charge in [-0.1, -0.05) is 12.1 Å². The minimum absolute atomic E-state index is 0. The van der Waals surface area contributed by atoms with E-state index in [4.69, 9.17) is 4.74 Å². The molecule has 0 saturated carbocycles. The second-order valence-electron chi connectivity index (χ2n) is 7.99. The van der Waals surface area contributed by atoms with Crippen molar-refractivity contribution in [1.82, 2.24) is 14.5 Å². The standard InChI is InChI=1S/C22H21F2N3O6S.Na/c1-13(28)26-34(31,32)16-7-4-14(5-8-16)17-11-25-27(15-6-9-18(23)19(24)10-15)21(29)20(17)33-12-22(2,3)30;/h4-11,30H,12H2,1-3H3,(H,26,28);. The monoisotopic (exact) mass is 516 g/mol. The first-order valence-corrected chi connectivity index (χ1v) is 11.3. The Morgan fingerprint density at radius 1 is 1.14 bits per heavy atom. The number of hydrogen-bond donors (Lipinski definition) is 2. The van der Waals surface area contributed by atoms with Crippen molar-refractivity contribution in [2.75, 3.05) is 6.61 Å². The van der Waals surface area contributed by atoms with Gasteiger partial charge < -0.3 is 9.84 Å². The minimum atomic E-state index is -4.07. The Balaban J connectivity index is 0.00000432. The number of amides is 1. The van der Waals surface area contributed by atoms with Gasteiger partial charge in [-0.2, -0.15) is 9.78 Å². The van der Waals surface area contributed by atoms with Gasteiger partial charge in [0.05, 0.1) is 22.4 Å². The third-order valence-corrected chi connectivity index (χ3v) is 5.85. The predicted octanol–water partition coefficient (Wildman–Crippen LogP) is 1.77. The van der Waals surface area contributed by atoms with Gasteiger partial charge in [0.25, 0.3) is 10.0 Å². The zero-order chi connectivity index (χ0) is 25.3. The molecule has 0 spiro atoms. The summed E-state index contributed by atoms with van der Waals surface area (Å²) in [7, 11) is -4.07. The number of aromatic nitrogens is 2. The Hall–Kier alpha value is -2.64. The average Bonchev–Trinajstić information content (AvgIpc) is 2.73. The molecule has 2 aromatic carbocycles. The largest absolute Gasteiger partial charge is 0.484 e. The fraction of sp³-hybridized carbons (Fsp3) is 0.227. The number of carbonyl (C=O) groups excluding carboxylic acids is 1. The maximum Gasteiger partial charge on any atom is 0.314 e. The van der Waals surface area contributed by atoms with E-state index in [-0.39, 0.29) is 58.1 Å². The summed E-state index contributed by atoms with van der Waals surface area (Å²) in [5.41, 5.74) is -1.68. The summed E-state index contributed by atoms with van der Waals surface area (Å²) in [6, 6.07) is 8.01. The van der Waals surface area contributed by atoms with Gasteiger partial charge in [0, 0.05) is 48.1 Å². The van der Waals surface area contributed by atoms with Gasteiger partial charge in [-0.25, -0.2) is 21.9 Å². The van der Waals surface area contributed by atoms with Crippen molar-refractivity contribution in [3.63, 3.8) is 0 Å². The topological polar surface area (TPSA) is 128 Å². The Bertz CT molecular complexity index is 1400. The van der Waals surface area contributed by atoms with Crippen molar-refractivity contribution in [3.05, 3.63) is 70.6 Å². The first-order chi connectivity index (χ1) is 15.8. The van der Waals surface area contributed by atoms with E-state index in [0.29, 0.717) is 5.56 Å². The van der Waals surface area contributed by atoms with E-state index in [1.807, 2.05) is 4.72 Å². The van der Waals surface area contributed by atoms with Crippen molar-refractivity contribution >= 4 is 45.5 Å². The Morgan fingerprint density at radius 3 is 2.31 bits per heavy atom. The van der Waals surface area contributed by atoms with Gasteiger partial charge in [0.15, 0.2) is 17.4 Å². The van der Waals surface area contributed by atoms with Crippen LogP contribution in [0, 0.1) is 11.6 Å². The molecule has 0 bridgehead atoms. The molecule has 0 atom stereocenters. The molecule has 0 aliphatic rings. The number of carbonyl (C=O) groups is 1. The summed E-state index contributed by atoms with van der Waals surface area (Å²) in [6.07, 6.45) is 1.24. The number of sulfonamides is 1. The molecule has 35 heavy (non-hydrogen) atoms. The molecule has 0 unspecified atom stereocenters. The van der Waals surface area contributed by atoms with Crippen LogP contribution in [0.1, 0.15) is 20.8 Å². The first-order valence-electron chi connectivity index (χ1n) is 9.85. The molecule has 13 heteroatoms. The van der Waals surface area contributed by atoms with E-state index in [1.165, 1.54) is 44.3 Å². The Morgan fingerprint density at radius 2 is 1.77 bits per heavy atom. The van der Waals surface area contributed by atoms with Crippen LogP contribution < -0.4 is 15.0 Å².